The molecule has 0 saturated carbocycles. The Balaban J connectivity index is 2.26. The molecule has 0 aromatic heterocycles. The van der Waals surface area contributed by atoms with E-state index in [0.29, 0.717) is 10.2 Å². The molecule has 1 unspecified atom stereocenters. The second-order valence-electron chi connectivity index (χ2n) is 4.99. The van der Waals surface area contributed by atoms with E-state index < -0.39 is 0 Å². The van der Waals surface area contributed by atoms with Gasteiger partial charge in [-0.1, -0.05) is 38.0 Å². The quantitative estimate of drug-likeness (QED) is 0.664. The predicted molar refractivity (Wildman–Crippen MR) is 86.4 cm³/mol. The molecule has 4 heteroatoms. The first-order valence-corrected chi connectivity index (χ1v) is 7.87. The summed E-state index contributed by atoms with van der Waals surface area (Å²) in [6.07, 6.45) is 2.93. The maximum Gasteiger partial charge on any atom is 0.147 e. The summed E-state index contributed by atoms with van der Waals surface area (Å²) >= 11 is 3.37. The molecule has 0 heterocycles. The first-order valence-electron chi connectivity index (χ1n) is 7.08. The van der Waals surface area contributed by atoms with Crippen LogP contribution in [-0.2, 0) is 0 Å². The van der Waals surface area contributed by atoms with Crippen LogP contribution in [0.2, 0.25) is 0 Å². The Morgan fingerprint density at radius 2 is 1.81 bits per heavy atom. The third-order valence-electron chi connectivity index (χ3n) is 3.40. The van der Waals surface area contributed by atoms with Gasteiger partial charge in [-0.3, -0.25) is 0 Å². The molecule has 2 aromatic rings. The van der Waals surface area contributed by atoms with Crippen LogP contribution in [0.1, 0.15) is 37.8 Å². The van der Waals surface area contributed by atoms with Crippen molar-refractivity contribution in [3.63, 3.8) is 0 Å². The van der Waals surface area contributed by atoms with E-state index in [0.717, 1.165) is 24.8 Å². The normalized spacial score (nSPS) is 12.2. The molecule has 112 valence electrons. The van der Waals surface area contributed by atoms with Crippen molar-refractivity contribution >= 4 is 21.6 Å². The van der Waals surface area contributed by atoms with E-state index in [2.05, 4.69) is 28.2 Å². The average molecular weight is 354 g/mol. The molecule has 1 N–H and O–H groups in total. The van der Waals surface area contributed by atoms with Gasteiger partial charge in [-0.2, -0.15) is 0 Å². The molecule has 2 aromatic carbocycles. The summed E-state index contributed by atoms with van der Waals surface area (Å²) in [5, 5.41) is 3.24. The number of anilines is 1. The van der Waals surface area contributed by atoms with Crippen molar-refractivity contribution in [1.29, 1.82) is 0 Å². The molecule has 0 aliphatic carbocycles. The topological polar surface area (TPSA) is 12.0 Å². The Labute approximate surface area is 132 Å². The van der Waals surface area contributed by atoms with Gasteiger partial charge in [-0.25, -0.2) is 8.78 Å². The van der Waals surface area contributed by atoms with Crippen molar-refractivity contribution in [2.75, 3.05) is 5.32 Å². The molecule has 1 atom stereocenters. The van der Waals surface area contributed by atoms with Crippen molar-refractivity contribution in [2.45, 2.75) is 32.2 Å². The van der Waals surface area contributed by atoms with Gasteiger partial charge in [0.2, 0.25) is 0 Å². The van der Waals surface area contributed by atoms with E-state index in [1.165, 1.54) is 18.2 Å². The second-order valence-corrected chi connectivity index (χ2v) is 5.84. The lowest BCUT2D eigenvalue weighted by molar-refractivity contribution is 0.602. The van der Waals surface area contributed by atoms with E-state index in [1.807, 2.05) is 0 Å². The number of halogens is 3. The van der Waals surface area contributed by atoms with Gasteiger partial charge in [0.1, 0.15) is 11.6 Å². The van der Waals surface area contributed by atoms with E-state index in [1.54, 1.807) is 24.3 Å². The maximum atomic E-state index is 14.0. The highest BCUT2D eigenvalue weighted by Crippen LogP contribution is 2.31. The molecule has 0 aliphatic rings. The van der Waals surface area contributed by atoms with Crippen molar-refractivity contribution in [3.05, 3.63) is 64.1 Å². The minimum atomic E-state index is -0.298. The second kappa shape index (κ2) is 7.55. The lowest BCUT2D eigenvalue weighted by Gasteiger charge is -2.21. The van der Waals surface area contributed by atoms with E-state index >= 15 is 0 Å². The summed E-state index contributed by atoms with van der Waals surface area (Å²) in [6.45, 7) is 2.11. The molecule has 0 fully saturated rings. The van der Waals surface area contributed by atoms with Crippen LogP contribution in [-0.4, -0.2) is 0 Å². The molecular weight excluding hydrogens is 336 g/mol. The maximum absolute atomic E-state index is 14.0. The number of hydrogen-bond acceptors (Lipinski definition) is 1. The SMILES string of the molecule is CCCCC(Nc1c(F)cccc1Br)c1ccc(F)cc1. The van der Waals surface area contributed by atoms with Crippen LogP contribution in [0.5, 0.6) is 0 Å². The number of benzene rings is 2. The third kappa shape index (κ3) is 4.27. The summed E-state index contributed by atoms with van der Waals surface area (Å²) in [7, 11) is 0. The highest BCUT2D eigenvalue weighted by Gasteiger charge is 2.15. The van der Waals surface area contributed by atoms with Gasteiger partial charge in [0, 0.05) is 4.47 Å². The number of para-hydroxylation sites is 1. The van der Waals surface area contributed by atoms with Crippen molar-refractivity contribution in [1.82, 2.24) is 0 Å². The number of rotatable bonds is 6. The van der Waals surface area contributed by atoms with Crippen LogP contribution in [0.3, 0.4) is 0 Å². The molecule has 0 bridgehead atoms. The lowest BCUT2D eigenvalue weighted by atomic mass is 10.0. The summed E-state index contributed by atoms with van der Waals surface area (Å²) in [5.41, 5.74) is 1.41. The van der Waals surface area contributed by atoms with Gasteiger partial charge < -0.3 is 5.32 Å². The summed E-state index contributed by atoms with van der Waals surface area (Å²) < 4.78 is 27.7. The Kier molecular flexibility index (Phi) is 5.74. The standard InChI is InChI=1S/C17H18BrF2N/c1-2-3-7-16(12-8-10-13(19)11-9-12)21-17-14(18)5-4-6-15(17)20/h4-6,8-11,16,21H,2-3,7H2,1H3. The molecule has 0 saturated heterocycles. The van der Waals surface area contributed by atoms with Crippen LogP contribution >= 0.6 is 15.9 Å². The smallest absolute Gasteiger partial charge is 0.147 e. The zero-order chi connectivity index (χ0) is 15.2. The fourth-order valence-corrected chi connectivity index (χ4v) is 2.69. The van der Waals surface area contributed by atoms with Gasteiger partial charge in [-0.15, -0.1) is 0 Å². The van der Waals surface area contributed by atoms with Crippen LogP contribution < -0.4 is 5.32 Å². The predicted octanol–water partition coefficient (Wildman–Crippen LogP) is 6.07. The first-order chi connectivity index (χ1) is 10.1. The zero-order valence-corrected chi connectivity index (χ0v) is 13.5. The monoisotopic (exact) mass is 353 g/mol. The highest BCUT2D eigenvalue weighted by atomic mass is 79.9. The molecule has 2 rings (SSSR count). The molecule has 21 heavy (non-hydrogen) atoms. The van der Waals surface area contributed by atoms with E-state index in [-0.39, 0.29) is 17.7 Å². The molecule has 0 amide bonds. The van der Waals surface area contributed by atoms with Crippen LogP contribution in [0, 0.1) is 11.6 Å². The Bertz CT molecular complexity index is 564. The van der Waals surface area contributed by atoms with Crippen LogP contribution in [0.4, 0.5) is 14.5 Å². The fraction of sp³-hybridized carbons (Fsp3) is 0.294. The Morgan fingerprint density at radius 3 is 2.43 bits per heavy atom. The Morgan fingerprint density at radius 1 is 1.10 bits per heavy atom. The summed E-state index contributed by atoms with van der Waals surface area (Å²) in [4.78, 5) is 0. The van der Waals surface area contributed by atoms with Crippen molar-refractivity contribution in [3.8, 4) is 0 Å². The number of nitrogens with one attached hydrogen (secondary N) is 1. The zero-order valence-electron chi connectivity index (χ0n) is 11.9. The molecule has 0 radical (unpaired) electrons. The third-order valence-corrected chi connectivity index (χ3v) is 4.06. The average Bonchev–Trinajstić information content (AvgIpc) is 2.47. The van der Waals surface area contributed by atoms with Gasteiger partial charge >= 0.3 is 0 Å². The molecular formula is C17H18BrF2N. The largest absolute Gasteiger partial charge is 0.375 e. The van der Waals surface area contributed by atoms with Gasteiger partial charge in [0.15, 0.2) is 0 Å². The van der Waals surface area contributed by atoms with Gasteiger partial charge in [-0.05, 0) is 52.2 Å². The minimum Gasteiger partial charge on any atom is -0.375 e. The molecule has 1 nitrogen and oxygen atoms in total. The number of unbranched alkanes of at least 4 members (excludes halogenated alkanes) is 1. The fourth-order valence-electron chi connectivity index (χ4n) is 2.24. The first kappa shape index (κ1) is 16.0. The van der Waals surface area contributed by atoms with Crippen molar-refractivity contribution < 1.29 is 8.78 Å². The number of hydrogen-bond donors (Lipinski definition) is 1. The molecule has 0 aliphatic heterocycles. The van der Waals surface area contributed by atoms with E-state index in [9.17, 15) is 8.78 Å². The lowest BCUT2D eigenvalue weighted by Crippen LogP contribution is -2.12. The highest BCUT2D eigenvalue weighted by molar-refractivity contribution is 9.10. The molecule has 0 spiro atoms. The van der Waals surface area contributed by atoms with Crippen molar-refractivity contribution in [2.24, 2.45) is 0 Å². The summed E-state index contributed by atoms with van der Waals surface area (Å²) in [6, 6.07) is 11.2. The van der Waals surface area contributed by atoms with E-state index in [4.69, 9.17) is 0 Å². The summed E-state index contributed by atoms with van der Waals surface area (Å²) in [5.74, 6) is -0.562. The minimum absolute atomic E-state index is 0.0428. The van der Waals surface area contributed by atoms with Crippen LogP contribution in [0.25, 0.3) is 0 Å². The van der Waals surface area contributed by atoms with Crippen LogP contribution in [0.15, 0.2) is 46.9 Å². The van der Waals surface area contributed by atoms with Gasteiger partial charge in [0.05, 0.1) is 11.7 Å². The van der Waals surface area contributed by atoms with Gasteiger partial charge in [0.25, 0.3) is 0 Å². The Hall–Kier alpha value is -1.42.